The van der Waals surface area contributed by atoms with E-state index < -0.39 is 18.1 Å². The second-order valence-electron chi connectivity index (χ2n) is 3.93. The third-order valence-electron chi connectivity index (χ3n) is 2.43. The molecule has 100 valence electrons. The Morgan fingerprint density at radius 2 is 2.06 bits per heavy atom. The van der Waals surface area contributed by atoms with Gasteiger partial charge in [-0.3, -0.25) is 4.79 Å². The Bertz CT molecular complexity index is 249. The van der Waals surface area contributed by atoms with Crippen molar-refractivity contribution in [2.75, 3.05) is 12.0 Å². The van der Waals surface area contributed by atoms with E-state index in [1.165, 1.54) is 0 Å². The standard InChI is InChI=1S/C11H22N2O3S/c1-3-4-5-8(12)10(14)13-9(11(15)16)6-7-17-2/h8-9H,3-7,12H2,1-2H3,(H,13,14)(H,15,16)/t8?,9-/m1/s1. The zero-order valence-corrected chi connectivity index (χ0v) is 11.3. The third-order valence-corrected chi connectivity index (χ3v) is 3.07. The van der Waals surface area contributed by atoms with Crippen molar-refractivity contribution in [2.45, 2.75) is 44.7 Å². The van der Waals surface area contributed by atoms with Crippen LogP contribution in [0.3, 0.4) is 0 Å². The monoisotopic (exact) mass is 262 g/mol. The number of aliphatic carboxylic acids is 1. The van der Waals surface area contributed by atoms with Gasteiger partial charge in [-0.1, -0.05) is 19.8 Å². The number of carboxylic acids is 1. The zero-order valence-electron chi connectivity index (χ0n) is 10.4. The number of carboxylic acid groups (broad SMARTS) is 1. The van der Waals surface area contributed by atoms with Crippen LogP contribution in [0.4, 0.5) is 0 Å². The Kier molecular flexibility index (Phi) is 8.89. The highest BCUT2D eigenvalue weighted by atomic mass is 32.2. The number of unbranched alkanes of at least 4 members (excludes halogenated alkanes) is 1. The summed E-state index contributed by atoms with van der Waals surface area (Å²) in [6.45, 7) is 2.02. The van der Waals surface area contributed by atoms with Crippen molar-refractivity contribution in [2.24, 2.45) is 5.73 Å². The fraction of sp³-hybridized carbons (Fsp3) is 0.818. The maximum Gasteiger partial charge on any atom is 0.326 e. The topological polar surface area (TPSA) is 92.4 Å². The van der Waals surface area contributed by atoms with Crippen molar-refractivity contribution in [3.05, 3.63) is 0 Å². The zero-order chi connectivity index (χ0) is 13.3. The molecule has 4 N–H and O–H groups in total. The Balaban J connectivity index is 4.15. The first kappa shape index (κ1) is 16.2. The lowest BCUT2D eigenvalue weighted by Gasteiger charge is -2.17. The van der Waals surface area contributed by atoms with Gasteiger partial charge in [0.15, 0.2) is 0 Å². The molecule has 0 radical (unpaired) electrons. The van der Waals surface area contributed by atoms with E-state index in [0.29, 0.717) is 18.6 Å². The van der Waals surface area contributed by atoms with Crippen LogP contribution in [0.25, 0.3) is 0 Å². The fourth-order valence-corrected chi connectivity index (χ4v) is 1.80. The molecule has 0 spiro atoms. The van der Waals surface area contributed by atoms with Gasteiger partial charge < -0.3 is 16.2 Å². The van der Waals surface area contributed by atoms with Crippen molar-refractivity contribution in [3.8, 4) is 0 Å². The molecule has 0 aliphatic rings. The van der Waals surface area contributed by atoms with E-state index in [0.717, 1.165) is 12.8 Å². The first-order valence-electron chi connectivity index (χ1n) is 5.80. The first-order valence-corrected chi connectivity index (χ1v) is 7.20. The third kappa shape index (κ3) is 7.23. The van der Waals surface area contributed by atoms with Crippen LogP contribution in [-0.2, 0) is 9.59 Å². The minimum Gasteiger partial charge on any atom is -0.480 e. The lowest BCUT2D eigenvalue weighted by molar-refractivity contribution is -0.142. The molecule has 0 aliphatic heterocycles. The molecule has 0 fully saturated rings. The van der Waals surface area contributed by atoms with E-state index in [1.807, 2.05) is 13.2 Å². The minimum absolute atomic E-state index is 0.369. The molecule has 6 heteroatoms. The molecule has 1 unspecified atom stereocenters. The van der Waals surface area contributed by atoms with Crippen LogP contribution < -0.4 is 11.1 Å². The molecule has 2 atom stereocenters. The van der Waals surface area contributed by atoms with Crippen LogP contribution >= 0.6 is 11.8 Å². The number of thioether (sulfide) groups is 1. The predicted octanol–water partition coefficient (Wildman–Crippen LogP) is 0.826. The Labute approximate surface area is 107 Å². The van der Waals surface area contributed by atoms with Crippen molar-refractivity contribution in [1.82, 2.24) is 5.32 Å². The predicted molar refractivity (Wildman–Crippen MR) is 70.1 cm³/mol. The fourth-order valence-electron chi connectivity index (χ4n) is 1.33. The Hall–Kier alpha value is -0.750. The van der Waals surface area contributed by atoms with Gasteiger partial charge in [-0.15, -0.1) is 0 Å². The van der Waals surface area contributed by atoms with Crippen LogP contribution in [0.15, 0.2) is 0 Å². The molecule has 0 aromatic rings. The number of carbonyl (C=O) groups excluding carboxylic acids is 1. The number of hydrogen-bond acceptors (Lipinski definition) is 4. The number of amides is 1. The second-order valence-corrected chi connectivity index (χ2v) is 4.92. The van der Waals surface area contributed by atoms with Gasteiger partial charge in [-0.2, -0.15) is 11.8 Å². The molecule has 5 nitrogen and oxygen atoms in total. The second kappa shape index (κ2) is 9.30. The van der Waals surface area contributed by atoms with Crippen LogP contribution in [0, 0.1) is 0 Å². The number of nitrogens with one attached hydrogen (secondary N) is 1. The Morgan fingerprint density at radius 1 is 1.41 bits per heavy atom. The summed E-state index contributed by atoms with van der Waals surface area (Å²) in [4.78, 5) is 22.5. The Morgan fingerprint density at radius 3 is 2.53 bits per heavy atom. The molecule has 1 amide bonds. The van der Waals surface area contributed by atoms with Crippen LogP contribution in [0.2, 0.25) is 0 Å². The minimum atomic E-state index is -1.00. The summed E-state index contributed by atoms with van der Waals surface area (Å²) < 4.78 is 0. The normalized spacial score (nSPS) is 14.1. The maximum absolute atomic E-state index is 11.6. The number of hydrogen-bond donors (Lipinski definition) is 3. The van der Waals surface area contributed by atoms with Crippen LogP contribution in [0.5, 0.6) is 0 Å². The van der Waals surface area contributed by atoms with Gasteiger partial charge in [-0.25, -0.2) is 4.79 Å². The number of rotatable bonds is 9. The van der Waals surface area contributed by atoms with Gasteiger partial charge in [0, 0.05) is 0 Å². The summed E-state index contributed by atoms with van der Waals surface area (Å²) in [6.07, 6.45) is 4.75. The molecule has 0 saturated carbocycles. The number of nitrogens with two attached hydrogens (primary N) is 1. The van der Waals surface area contributed by atoms with Gasteiger partial charge in [0.25, 0.3) is 0 Å². The summed E-state index contributed by atoms with van der Waals surface area (Å²) in [7, 11) is 0. The van der Waals surface area contributed by atoms with E-state index in [9.17, 15) is 9.59 Å². The summed E-state index contributed by atoms with van der Waals surface area (Å²) in [5.74, 6) is -0.677. The highest BCUT2D eigenvalue weighted by molar-refractivity contribution is 7.98. The van der Waals surface area contributed by atoms with Crippen molar-refractivity contribution in [3.63, 3.8) is 0 Å². The first-order chi connectivity index (χ1) is 8.02. The van der Waals surface area contributed by atoms with E-state index in [1.54, 1.807) is 11.8 Å². The molecule has 0 aromatic heterocycles. The van der Waals surface area contributed by atoms with Crippen LogP contribution in [-0.4, -0.2) is 41.1 Å². The lowest BCUT2D eigenvalue weighted by atomic mass is 10.1. The summed E-state index contributed by atoms with van der Waals surface area (Å²) in [6, 6.07) is -1.44. The smallest absolute Gasteiger partial charge is 0.326 e. The quantitative estimate of drug-likeness (QED) is 0.572. The molecule has 0 saturated heterocycles. The molecule has 0 rings (SSSR count). The molecule has 0 heterocycles. The SMILES string of the molecule is CCCCC(N)C(=O)N[C@H](CCSC)C(=O)O. The molecule has 0 bridgehead atoms. The van der Waals surface area contributed by atoms with Crippen molar-refractivity contribution in [1.29, 1.82) is 0 Å². The average molecular weight is 262 g/mol. The van der Waals surface area contributed by atoms with Crippen molar-refractivity contribution < 1.29 is 14.7 Å². The largest absolute Gasteiger partial charge is 0.480 e. The van der Waals surface area contributed by atoms with E-state index in [2.05, 4.69) is 5.32 Å². The summed E-state index contributed by atoms with van der Waals surface area (Å²) >= 11 is 1.55. The molecule has 17 heavy (non-hydrogen) atoms. The highest BCUT2D eigenvalue weighted by Crippen LogP contribution is 2.03. The lowest BCUT2D eigenvalue weighted by Crippen LogP contribution is -2.48. The molecular weight excluding hydrogens is 240 g/mol. The number of carbonyl (C=O) groups is 2. The van der Waals surface area contributed by atoms with E-state index in [4.69, 9.17) is 10.8 Å². The van der Waals surface area contributed by atoms with E-state index >= 15 is 0 Å². The molecular formula is C11H22N2O3S. The maximum atomic E-state index is 11.6. The van der Waals surface area contributed by atoms with Gasteiger partial charge in [-0.05, 0) is 24.9 Å². The highest BCUT2D eigenvalue weighted by Gasteiger charge is 2.22. The van der Waals surface area contributed by atoms with Gasteiger partial charge in [0.2, 0.25) is 5.91 Å². The molecule has 0 aromatic carbocycles. The van der Waals surface area contributed by atoms with Gasteiger partial charge in [0.1, 0.15) is 6.04 Å². The average Bonchev–Trinajstić information content (AvgIpc) is 2.30. The summed E-state index contributed by atoms with van der Waals surface area (Å²) in [5, 5.41) is 11.4. The van der Waals surface area contributed by atoms with Gasteiger partial charge in [0.05, 0.1) is 6.04 Å². The van der Waals surface area contributed by atoms with E-state index in [-0.39, 0.29) is 5.91 Å². The van der Waals surface area contributed by atoms with Gasteiger partial charge >= 0.3 is 5.97 Å². The summed E-state index contributed by atoms with van der Waals surface area (Å²) in [5.41, 5.74) is 5.67. The molecule has 0 aliphatic carbocycles. The van der Waals surface area contributed by atoms with Crippen LogP contribution in [0.1, 0.15) is 32.6 Å². The van der Waals surface area contributed by atoms with Crippen molar-refractivity contribution >= 4 is 23.6 Å².